The van der Waals surface area contributed by atoms with Gasteiger partial charge in [-0.25, -0.2) is 0 Å². The zero-order valence-electron chi connectivity index (χ0n) is 9.45. The average molecular weight is 340 g/mol. The molecule has 2 rings (SSSR count). The van der Waals surface area contributed by atoms with Crippen LogP contribution in [0.4, 0.5) is 0 Å². The summed E-state index contributed by atoms with van der Waals surface area (Å²) in [4.78, 5) is 12.1. The summed E-state index contributed by atoms with van der Waals surface area (Å²) in [5, 5.41) is 1.56. The van der Waals surface area contributed by atoms with Gasteiger partial charge >= 0.3 is 5.91 Å². The van der Waals surface area contributed by atoms with E-state index in [0.717, 1.165) is 0 Å². The van der Waals surface area contributed by atoms with Crippen molar-refractivity contribution >= 4 is 5.91 Å². The molecule has 0 unspecified atom stereocenters. The lowest BCUT2D eigenvalue weighted by Crippen LogP contribution is -3.00. The van der Waals surface area contributed by atoms with E-state index in [1.165, 1.54) is 0 Å². The van der Waals surface area contributed by atoms with Crippen LogP contribution >= 0.6 is 0 Å². The first-order chi connectivity index (χ1) is 7.79. The van der Waals surface area contributed by atoms with Crippen molar-refractivity contribution in [2.45, 2.75) is 0 Å². The molecule has 2 aromatic rings. The molecule has 0 aliphatic carbocycles. The number of carbonyl (C=O) groups excluding carboxylic acids is 1. The van der Waals surface area contributed by atoms with Crippen LogP contribution in [0.3, 0.4) is 0 Å². The Bertz CT molecular complexity index is 473. The molecule has 0 saturated carbocycles. The molecule has 4 heteroatoms. The third-order valence-corrected chi connectivity index (χ3v) is 2.36. The Hall–Kier alpha value is -1.43. The fraction of sp³-hybridized carbons (Fsp3) is 0.0769. The van der Waals surface area contributed by atoms with Crippen LogP contribution in [0.5, 0.6) is 0 Å². The minimum Gasteiger partial charge on any atom is -1.00 e. The molecule has 1 heterocycles. The number of nitrogens with zero attached hydrogens (tertiary/aromatic N) is 2. The first-order valence-electron chi connectivity index (χ1n) is 5.09. The van der Waals surface area contributed by atoms with Gasteiger partial charge in [0.05, 0.1) is 7.05 Å². The first-order valence-corrected chi connectivity index (χ1v) is 5.09. The Morgan fingerprint density at radius 1 is 1.00 bits per heavy atom. The fourth-order valence-corrected chi connectivity index (χ4v) is 1.46. The van der Waals surface area contributed by atoms with E-state index in [1.807, 2.05) is 60.9 Å². The molecule has 0 bridgehead atoms. The molecule has 1 aromatic carbocycles. The number of hydrogen-bond donors (Lipinski definition) is 0. The SMILES string of the molecule is CN(C(=O)c1ccccc1)[n+]1ccccc1.[I-]. The van der Waals surface area contributed by atoms with Crippen LogP contribution in [0.2, 0.25) is 0 Å². The van der Waals surface area contributed by atoms with Gasteiger partial charge < -0.3 is 24.0 Å². The second kappa shape index (κ2) is 6.34. The number of carbonyl (C=O) groups is 1. The normalized spacial score (nSPS) is 9.24. The molecule has 0 radical (unpaired) electrons. The van der Waals surface area contributed by atoms with Gasteiger partial charge in [0, 0.05) is 17.7 Å². The number of aromatic nitrogens is 1. The van der Waals surface area contributed by atoms with Crippen LogP contribution < -0.4 is 33.7 Å². The Labute approximate surface area is 118 Å². The van der Waals surface area contributed by atoms with Crippen LogP contribution in [0.1, 0.15) is 10.4 Å². The number of hydrogen-bond acceptors (Lipinski definition) is 1. The predicted octanol–water partition coefficient (Wildman–Crippen LogP) is -1.61. The fourth-order valence-electron chi connectivity index (χ4n) is 1.46. The van der Waals surface area contributed by atoms with Gasteiger partial charge in [0.1, 0.15) is 0 Å². The molecule has 1 aromatic heterocycles. The number of pyridine rings is 1. The third kappa shape index (κ3) is 3.26. The summed E-state index contributed by atoms with van der Waals surface area (Å²) < 4.78 is 1.75. The topological polar surface area (TPSA) is 24.2 Å². The van der Waals surface area contributed by atoms with Gasteiger partial charge in [0.25, 0.3) is 0 Å². The lowest BCUT2D eigenvalue weighted by Gasteiger charge is -2.09. The Morgan fingerprint density at radius 2 is 1.53 bits per heavy atom. The van der Waals surface area contributed by atoms with Crippen LogP contribution in [-0.4, -0.2) is 13.0 Å². The minimum atomic E-state index is -0.0307. The molecule has 1 amide bonds. The largest absolute Gasteiger partial charge is 1.00 e. The van der Waals surface area contributed by atoms with E-state index in [0.29, 0.717) is 5.56 Å². The summed E-state index contributed by atoms with van der Waals surface area (Å²) >= 11 is 0. The van der Waals surface area contributed by atoms with Gasteiger partial charge in [-0.2, -0.15) is 0 Å². The summed E-state index contributed by atoms with van der Waals surface area (Å²) in [7, 11) is 1.75. The minimum absolute atomic E-state index is 0. The second-order valence-corrected chi connectivity index (χ2v) is 3.45. The van der Waals surface area contributed by atoms with Gasteiger partial charge in [-0.1, -0.05) is 28.9 Å². The van der Waals surface area contributed by atoms with Gasteiger partial charge in [-0.15, -0.1) is 5.01 Å². The van der Waals surface area contributed by atoms with Crippen LogP contribution in [0.15, 0.2) is 60.9 Å². The van der Waals surface area contributed by atoms with E-state index in [2.05, 4.69) is 0 Å². The highest BCUT2D eigenvalue weighted by Gasteiger charge is 2.17. The van der Waals surface area contributed by atoms with E-state index in [-0.39, 0.29) is 29.9 Å². The van der Waals surface area contributed by atoms with Crippen molar-refractivity contribution in [2.75, 3.05) is 12.1 Å². The van der Waals surface area contributed by atoms with Crippen molar-refractivity contribution in [1.29, 1.82) is 0 Å². The van der Waals surface area contributed by atoms with Crippen LogP contribution in [0.25, 0.3) is 0 Å². The highest BCUT2D eigenvalue weighted by atomic mass is 127. The molecule has 3 nitrogen and oxygen atoms in total. The van der Waals surface area contributed by atoms with Gasteiger partial charge in [-0.3, -0.25) is 4.79 Å². The first kappa shape index (κ1) is 13.6. The van der Waals surface area contributed by atoms with Gasteiger partial charge in [0.15, 0.2) is 12.4 Å². The zero-order valence-corrected chi connectivity index (χ0v) is 11.6. The van der Waals surface area contributed by atoms with Crippen molar-refractivity contribution in [1.82, 2.24) is 0 Å². The zero-order chi connectivity index (χ0) is 11.4. The van der Waals surface area contributed by atoms with Gasteiger partial charge in [0.2, 0.25) is 0 Å². The lowest BCUT2D eigenvalue weighted by atomic mass is 10.2. The predicted molar refractivity (Wildman–Crippen MR) is 61.6 cm³/mol. The monoisotopic (exact) mass is 340 g/mol. The van der Waals surface area contributed by atoms with E-state index in [1.54, 1.807) is 16.7 Å². The standard InChI is InChI=1S/C13H13N2O.HI/c1-14(15-10-6-3-7-11-15)13(16)12-8-4-2-5-9-12;/h2-11H,1H3;1H/q+1;/p-1. The summed E-state index contributed by atoms with van der Waals surface area (Å²) in [6, 6.07) is 14.9. The molecule has 0 aliphatic rings. The summed E-state index contributed by atoms with van der Waals surface area (Å²) in [5.74, 6) is -0.0307. The maximum absolute atomic E-state index is 12.1. The molecule has 0 N–H and O–H groups in total. The van der Waals surface area contributed by atoms with Crippen molar-refractivity contribution in [3.63, 3.8) is 0 Å². The number of amides is 1. The van der Waals surface area contributed by atoms with Crippen molar-refractivity contribution in [3.05, 3.63) is 66.5 Å². The molecule has 0 spiro atoms. The highest BCUT2D eigenvalue weighted by Crippen LogP contribution is 1.99. The Kier molecular flexibility index (Phi) is 5.09. The molecule has 0 saturated heterocycles. The molecular formula is C13H13IN2O. The molecule has 0 atom stereocenters. The molecule has 0 aliphatic heterocycles. The lowest BCUT2D eigenvalue weighted by molar-refractivity contribution is -0.679. The van der Waals surface area contributed by atoms with E-state index < -0.39 is 0 Å². The quantitative estimate of drug-likeness (QED) is 0.477. The third-order valence-electron chi connectivity index (χ3n) is 2.36. The summed E-state index contributed by atoms with van der Waals surface area (Å²) in [6.07, 6.45) is 3.67. The highest BCUT2D eigenvalue weighted by molar-refractivity contribution is 5.99. The number of halogens is 1. The average Bonchev–Trinajstić information content (AvgIpc) is 2.39. The second-order valence-electron chi connectivity index (χ2n) is 3.45. The Balaban J connectivity index is 0.00000144. The van der Waals surface area contributed by atoms with Crippen molar-refractivity contribution in [3.8, 4) is 0 Å². The maximum atomic E-state index is 12.1. The van der Waals surface area contributed by atoms with Crippen molar-refractivity contribution < 1.29 is 33.4 Å². The van der Waals surface area contributed by atoms with Crippen LogP contribution in [0, 0.1) is 0 Å². The Morgan fingerprint density at radius 3 is 2.12 bits per heavy atom. The number of rotatable bonds is 2. The van der Waals surface area contributed by atoms with Gasteiger partial charge in [-0.05, 0) is 12.1 Å². The van der Waals surface area contributed by atoms with E-state index in [4.69, 9.17) is 0 Å². The van der Waals surface area contributed by atoms with E-state index in [9.17, 15) is 4.79 Å². The summed E-state index contributed by atoms with van der Waals surface area (Å²) in [6.45, 7) is 0. The molecular weight excluding hydrogens is 327 g/mol. The van der Waals surface area contributed by atoms with Crippen LogP contribution in [-0.2, 0) is 0 Å². The molecule has 0 fully saturated rings. The van der Waals surface area contributed by atoms with E-state index >= 15 is 0 Å². The maximum Gasteiger partial charge on any atom is 0.308 e. The van der Waals surface area contributed by atoms with Crippen molar-refractivity contribution in [2.24, 2.45) is 0 Å². The molecule has 17 heavy (non-hydrogen) atoms. The molecule has 88 valence electrons. The number of benzene rings is 1. The smallest absolute Gasteiger partial charge is 0.308 e. The summed E-state index contributed by atoms with van der Waals surface area (Å²) in [5.41, 5.74) is 0.682.